The summed E-state index contributed by atoms with van der Waals surface area (Å²) in [6.45, 7) is 0. The van der Waals surface area contributed by atoms with Crippen LogP contribution in [0.5, 0.6) is 0 Å². The molecule has 0 fully saturated rings. The highest BCUT2D eigenvalue weighted by molar-refractivity contribution is 5.92. The van der Waals surface area contributed by atoms with E-state index in [1.807, 2.05) is 0 Å². The maximum Gasteiger partial charge on any atom is 0.477 e. The van der Waals surface area contributed by atoms with Crippen molar-refractivity contribution in [2.24, 2.45) is 5.73 Å². The number of rotatable bonds is 2. The van der Waals surface area contributed by atoms with Gasteiger partial charge in [-0.15, -0.1) is 0 Å². The number of amides is 1. The van der Waals surface area contributed by atoms with Crippen LogP contribution in [0.1, 0.15) is 16.1 Å². The lowest BCUT2D eigenvalue weighted by Gasteiger charge is -2.21. The van der Waals surface area contributed by atoms with Gasteiger partial charge >= 0.3 is 18.4 Å². The fourth-order valence-corrected chi connectivity index (χ4v) is 1.13. The summed E-state index contributed by atoms with van der Waals surface area (Å²) < 4.78 is 97.4. The second-order valence-corrected chi connectivity index (χ2v) is 3.22. The number of nitrogens with two attached hydrogens (primary N) is 1. The van der Waals surface area contributed by atoms with Gasteiger partial charge in [-0.05, 0) is 0 Å². The Labute approximate surface area is 98.3 Å². The van der Waals surface area contributed by atoms with Crippen molar-refractivity contribution in [1.29, 1.82) is 0 Å². The molecule has 0 aliphatic rings. The van der Waals surface area contributed by atoms with Crippen molar-refractivity contribution in [3.05, 3.63) is 17.5 Å². The third kappa shape index (κ3) is 2.46. The maximum absolute atomic E-state index is 12.9. The standard InChI is InChI=1S/C7H3F8N3O/c8-5(9,10)2-1-17-18(3(2)4(16)19)7(14,15)6(11,12)13/h1H,(H2,16,19). The zero-order valence-electron chi connectivity index (χ0n) is 8.48. The van der Waals surface area contributed by atoms with Gasteiger partial charge in [0.1, 0.15) is 11.3 Å². The molecule has 1 heterocycles. The lowest BCUT2D eigenvalue weighted by atomic mass is 10.2. The van der Waals surface area contributed by atoms with E-state index in [9.17, 15) is 39.9 Å². The number of carbonyl (C=O) groups excluding carboxylic acids is 1. The molecule has 0 saturated carbocycles. The Morgan fingerprint density at radius 2 is 1.58 bits per heavy atom. The first-order chi connectivity index (χ1) is 8.30. The van der Waals surface area contributed by atoms with Gasteiger partial charge in [0, 0.05) is 0 Å². The first kappa shape index (κ1) is 15.2. The molecule has 1 aromatic heterocycles. The van der Waals surface area contributed by atoms with E-state index in [1.54, 1.807) is 0 Å². The zero-order valence-corrected chi connectivity index (χ0v) is 8.48. The van der Waals surface area contributed by atoms with Crippen LogP contribution in [0.25, 0.3) is 0 Å². The van der Waals surface area contributed by atoms with Gasteiger partial charge in [-0.1, -0.05) is 0 Å². The van der Waals surface area contributed by atoms with Crippen LogP contribution in [0.15, 0.2) is 6.20 Å². The molecule has 0 aromatic carbocycles. The molecule has 1 amide bonds. The number of halogens is 8. The molecule has 0 bridgehead atoms. The van der Waals surface area contributed by atoms with Gasteiger partial charge in [-0.25, -0.2) is 0 Å². The van der Waals surface area contributed by atoms with Gasteiger partial charge in [0.2, 0.25) is 0 Å². The van der Waals surface area contributed by atoms with E-state index in [1.165, 1.54) is 0 Å². The van der Waals surface area contributed by atoms with Crippen molar-refractivity contribution in [3.63, 3.8) is 0 Å². The van der Waals surface area contributed by atoms with Gasteiger partial charge in [0.15, 0.2) is 0 Å². The molecular weight excluding hydrogens is 294 g/mol. The quantitative estimate of drug-likeness (QED) is 0.850. The topological polar surface area (TPSA) is 60.9 Å². The highest BCUT2D eigenvalue weighted by Gasteiger charge is 2.62. The van der Waals surface area contributed by atoms with Crippen molar-refractivity contribution in [2.75, 3.05) is 0 Å². The third-order valence-electron chi connectivity index (χ3n) is 1.92. The van der Waals surface area contributed by atoms with Crippen molar-refractivity contribution in [1.82, 2.24) is 9.78 Å². The average Bonchev–Trinajstić information content (AvgIpc) is 2.58. The van der Waals surface area contributed by atoms with Crippen LogP contribution >= 0.6 is 0 Å². The predicted octanol–water partition coefficient (Wildman–Crippen LogP) is 2.11. The van der Waals surface area contributed by atoms with E-state index in [0.717, 1.165) is 0 Å². The van der Waals surface area contributed by atoms with E-state index >= 15 is 0 Å². The molecular formula is C7H3F8N3O. The molecule has 1 aromatic rings. The number of alkyl halides is 8. The molecule has 0 aliphatic heterocycles. The van der Waals surface area contributed by atoms with Crippen LogP contribution in [0.3, 0.4) is 0 Å². The summed E-state index contributed by atoms with van der Waals surface area (Å²) in [6, 6.07) is -5.80. The van der Waals surface area contributed by atoms with Crippen LogP contribution < -0.4 is 5.73 Å². The Bertz CT molecular complexity index is 499. The van der Waals surface area contributed by atoms with Gasteiger partial charge in [-0.2, -0.15) is 44.9 Å². The molecule has 108 valence electrons. The summed E-state index contributed by atoms with van der Waals surface area (Å²) in [5.41, 5.74) is 0.242. The van der Waals surface area contributed by atoms with E-state index in [-0.39, 0.29) is 6.20 Å². The van der Waals surface area contributed by atoms with E-state index in [4.69, 9.17) is 0 Å². The van der Waals surface area contributed by atoms with E-state index < -0.39 is 40.2 Å². The Balaban J connectivity index is 3.56. The number of aromatic nitrogens is 2. The van der Waals surface area contributed by atoms with Crippen LogP contribution in [0.4, 0.5) is 35.1 Å². The molecule has 0 spiro atoms. The lowest BCUT2D eigenvalue weighted by molar-refractivity contribution is -0.328. The summed E-state index contributed by atoms with van der Waals surface area (Å²) in [5.74, 6) is -2.12. The van der Waals surface area contributed by atoms with E-state index in [2.05, 4.69) is 10.8 Å². The second kappa shape index (κ2) is 4.06. The SMILES string of the molecule is NC(=O)c1c(C(F)(F)F)cnn1C(F)(F)C(F)(F)F. The van der Waals surface area contributed by atoms with Crippen molar-refractivity contribution in [2.45, 2.75) is 18.4 Å². The lowest BCUT2D eigenvalue weighted by Crippen LogP contribution is -2.42. The van der Waals surface area contributed by atoms with Crippen molar-refractivity contribution < 1.29 is 39.9 Å². The Morgan fingerprint density at radius 1 is 1.11 bits per heavy atom. The molecule has 12 heteroatoms. The van der Waals surface area contributed by atoms with Gasteiger partial charge in [0.25, 0.3) is 5.91 Å². The normalized spacial score (nSPS) is 13.7. The fourth-order valence-electron chi connectivity index (χ4n) is 1.13. The van der Waals surface area contributed by atoms with Crippen LogP contribution in [0, 0.1) is 0 Å². The molecule has 1 rings (SSSR count). The minimum Gasteiger partial charge on any atom is -0.364 e. The monoisotopic (exact) mass is 297 g/mol. The van der Waals surface area contributed by atoms with Gasteiger partial charge in [0.05, 0.1) is 6.20 Å². The van der Waals surface area contributed by atoms with E-state index in [0.29, 0.717) is 0 Å². The number of nitrogens with zero attached hydrogens (tertiary/aromatic N) is 2. The van der Waals surface area contributed by atoms with Crippen molar-refractivity contribution >= 4 is 5.91 Å². The van der Waals surface area contributed by atoms with Crippen LogP contribution in [0.2, 0.25) is 0 Å². The van der Waals surface area contributed by atoms with Crippen LogP contribution in [-0.2, 0) is 12.2 Å². The van der Waals surface area contributed by atoms with Crippen LogP contribution in [-0.4, -0.2) is 21.9 Å². The summed E-state index contributed by atoms with van der Waals surface area (Å²) in [7, 11) is 0. The largest absolute Gasteiger partial charge is 0.477 e. The Hall–Kier alpha value is -1.88. The summed E-state index contributed by atoms with van der Waals surface area (Å²) in [6.07, 6.45) is -11.9. The average molecular weight is 297 g/mol. The molecule has 0 radical (unpaired) electrons. The number of hydrogen-bond donors (Lipinski definition) is 1. The summed E-state index contributed by atoms with van der Waals surface area (Å²) in [4.78, 5) is 10.7. The van der Waals surface area contributed by atoms with Gasteiger partial charge < -0.3 is 5.73 Å². The van der Waals surface area contributed by atoms with Gasteiger partial charge in [-0.3, -0.25) is 4.79 Å². The Kier molecular flexibility index (Phi) is 3.25. The number of hydrogen-bond acceptors (Lipinski definition) is 2. The smallest absolute Gasteiger partial charge is 0.364 e. The number of carbonyl (C=O) groups is 1. The molecule has 19 heavy (non-hydrogen) atoms. The van der Waals surface area contributed by atoms with Crippen molar-refractivity contribution in [3.8, 4) is 0 Å². The highest BCUT2D eigenvalue weighted by atomic mass is 19.4. The zero-order chi connectivity index (χ0) is 15.2. The first-order valence-corrected chi connectivity index (χ1v) is 4.20. The first-order valence-electron chi connectivity index (χ1n) is 4.20. The number of primary amides is 1. The third-order valence-corrected chi connectivity index (χ3v) is 1.92. The molecule has 2 N–H and O–H groups in total. The second-order valence-electron chi connectivity index (χ2n) is 3.22. The minimum atomic E-state index is -6.24. The molecule has 0 atom stereocenters. The molecule has 0 saturated heterocycles. The Morgan fingerprint density at radius 3 is 1.89 bits per heavy atom. The highest BCUT2D eigenvalue weighted by Crippen LogP contribution is 2.42. The summed E-state index contributed by atoms with van der Waals surface area (Å²) >= 11 is 0. The molecule has 4 nitrogen and oxygen atoms in total. The molecule has 0 unspecified atom stereocenters. The molecule has 0 aliphatic carbocycles. The summed E-state index contributed by atoms with van der Waals surface area (Å²) in [5, 5.41) is 2.27. The minimum absolute atomic E-state index is 0.334. The fraction of sp³-hybridized carbons (Fsp3) is 0.429. The maximum atomic E-state index is 12.9. The predicted molar refractivity (Wildman–Crippen MR) is 42.0 cm³/mol.